The average molecular weight is 314 g/mol. The Balaban J connectivity index is 2.10. The van der Waals surface area contributed by atoms with E-state index in [1.54, 1.807) is 11.9 Å². The molecule has 1 heterocycles. The molecule has 1 fully saturated rings. The summed E-state index contributed by atoms with van der Waals surface area (Å²) in [5, 5.41) is 6.99. The molecule has 1 aromatic heterocycles. The van der Waals surface area contributed by atoms with Crippen LogP contribution in [0.4, 0.5) is 0 Å². The largest absolute Gasteiger partial charge is 0.339 e. The van der Waals surface area contributed by atoms with E-state index in [-0.39, 0.29) is 17.1 Å². The van der Waals surface area contributed by atoms with E-state index in [0.29, 0.717) is 6.54 Å². The molecule has 0 unspecified atom stereocenters. The van der Waals surface area contributed by atoms with Crippen LogP contribution >= 0.6 is 0 Å². The van der Waals surface area contributed by atoms with Gasteiger partial charge in [0.25, 0.3) is 0 Å². The summed E-state index contributed by atoms with van der Waals surface area (Å²) < 4.78 is 25.8. The van der Waals surface area contributed by atoms with Crippen molar-refractivity contribution in [3.8, 4) is 0 Å². The highest BCUT2D eigenvalue weighted by Crippen LogP contribution is 2.23. The maximum absolute atomic E-state index is 12.4. The zero-order valence-electron chi connectivity index (χ0n) is 12.5. The van der Waals surface area contributed by atoms with E-state index in [1.165, 1.54) is 17.3 Å². The molecule has 21 heavy (non-hydrogen) atoms. The first-order valence-electron chi connectivity index (χ1n) is 7.32. The average Bonchev–Trinajstić information content (AvgIpc) is 2.87. The molecule has 118 valence electrons. The Morgan fingerprint density at radius 1 is 1.38 bits per heavy atom. The Labute approximate surface area is 125 Å². The molecule has 1 aliphatic carbocycles. The van der Waals surface area contributed by atoms with Crippen LogP contribution in [0.25, 0.3) is 0 Å². The van der Waals surface area contributed by atoms with Gasteiger partial charge in [0.15, 0.2) is 0 Å². The summed E-state index contributed by atoms with van der Waals surface area (Å²) in [6, 6.07) is 0.172. The Morgan fingerprint density at radius 2 is 2.05 bits per heavy atom. The summed E-state index contributed by atoms with van der Waals surface area (Å²) in [7, 11) is -2.19. The fourth-order valence-electron chi connectivity index (χ4n) is 2.90. The third-order valence-electron chi connectivity index (χ3n) is 3.94. The van der Waals surface area contributed by atoms with Crippen LogP contribution in [0.1, 0.15) is 39.0 Å². The van der Waals surface area contributed by atoms with E-state index in [4.69, 9.17) is 0 Å². The van der Waals surface area contributed by atoms with Gasteiger partial charge in [-0.15, -0.1) is 10.2 Å². The van der Waals surface area contributed by atoms with Crippen LogP contribution in [-0.2, 0) is 21.7 Å². The van der Waals surface area contributed by atoms with E-state index >= 15 is 0 Å². The van der Waals surface area contributed by atoms with E-state index < -0.39 is 15.6 Å². The molecule has 0 bridgehead atoms. The smallest absolute Gasteiger partial charge is 0.249 e. The van der Waals surface area contributed by atoms with Crippen LogP contribution in [-0.4, -0.2) is 52.3 Å². The highest BCUT2D eigenvalue weighted by Gasteiger charge is 2.30. The number of carbonyl (C=O) groups is 1. The molecule has 0 atom stereocenters. The summed E-state index contributed by atoms with van der Waals surface area (Å²) >= 11 is 0. The van der Waals surface area contributed by atoms with Gasteiger partial charge >= 0.3 is 0 Å². The van der Waals surface area contributed by atoms with Crippen molar-refractivity contribution in [1.82, 2.24) is 19.7 Å². The first kappa shape index (κ1) is 15.9. The Bertz CT molecular complexity index is 590. The van der Waals surface area contributed by atoms with Crippen LogP contribution in [0.3, 0.4) is 0 Å². The minimum absolute atomic E-state index is 0.157. The molecule has 0 saturated heterocycles. The van der Waals surface area contributed by atoms with E-state index in [2.05, 4.69) is 10.2 Å². The first-order chi connectivity index (χ1) is 9.95. The molecular weight excluding hydrogens is 292 g/mol. The second-order valence-electron chi connectivity index (χ2n) is 5.46. The van der Waals surface area contributed by atoms with Gasteiger partial charge in [0.1, 0.15) is 12.1 Å². The van der Waals surface area contributed by atoms with Gasteiger partial charge in [-0.25, -0.2) is 8.42 Å². The summed E-state index contributed by atoms with van der Waals surface area (Å²) in [4.78, 5) is 14.1. The maximum atomic E-state index is 12.4. The molecule has 0 aliphatic heterocycles. The number of rotatable bonds is 5. The van der Waals surface area contributed by atoms with Gasteiger partial charge in [-0.1, -0.05) is 19.3 Å². The standard InChI is InChI=1S/C13H22N4O3S/c1-3-17(11-7-5-4-6-8-11)12(18)9-21(19,20)13-15-14-10-16(13)2/h10-11H,3-9H2,1-2H3. The second kappa shape index (κ2) is 6.55. The number of sulfone groups is 1. The van der Waals surface area contributed by atoms with Gasteiger partial charge in [-0.3, -0.25) is 4.79 Å². The Hall–Kier alpha value is -1.44. The number of hydrogen-bond acceptors (Lipinski definition) is 5. The lowest BCUT2D eigenvalue weighted by Gasteiger charge is -2.33. The quantitative estimate of drug-likeness (QED) is 0.801. The van der Waals surface area contributed by atoms with E-state index in [9.17, 15) is 13.2 Å². The van der Waals surface area contributed by atoms with Gasteiger partial charge in [0, 0.05) is 19.6 Å². The van der Waals surface area contributed by atoms with Gasteiger partial charge in [-0.05, 0) is 19.8 Å². The predicted molar refractivity (Wildman–Crippen MR) is 77.3 cm³/mol. The van der Waals surface area contributed by atoms with Gasteiger partial charge < -0.3 is 9.47 Å². The van der Waals surface area contributed by atoms with Gasteiger partial charge in [0.2, 0.25) is 20.9 Å². The van der Waals surface area contributed by atoms with Gasteiger partial charge in [-0.2, -0.15) is 0 Å². The minimum atomic E-state index is -3.74. The number of amides is 1. The minimum Gasteiger partial charge on any atom is -0.339 e. The van der Waals surface area contributed by atoms with Crippen molar-refractivity contribution in [2.75, 3.05) is 12.3 Å². The van der Waals surface area contributed by atoms with Crippen LogP contribution in [0.5, 0.6) is 0 Å². The molecule has 1 aliphatic rings. The molecule has 1 saturated carbocycles. The topological polar surface area (TPSA) is 85.2 Å². The highest BCUT2D eigenvalue weighted by molar-refractivity contribution is 7.91. The maximum Gasteiger partial charge on any atom is 0.249 e. The van der Waals surface area contributed by atoms with Crippen molar-refractivity contribution < 1.29 is 13.2 Å². The molecular formula is C13H22N4O3S. The molecule has 1 aromatic rings. The zero-order valence-corrected chi connectivity index (χ0v) is 13.3. The lowest BCUT2D eigenvalue weighted by atomic mass is 9.94. The van der Waals surface area contributed by atoms with Crippen LogP contribution in [0.2, 0.25) is 0 Å². The van der Waals surface area contributed by atoms with Crippen molar-refractivity contribution in [1.29, 1.82) is 0 Å². The summed E-state index contributed by atoms with van der Waals surface area (Å²) in [5.74, 6) is -0.878. The zero-order chi connectivity index (χ0) is 15.5. The molecule has 0 spiro atoms. The number of nitrogens with zero attached hydrogens (tertiary/aromatic N) is 4. The molecule has 0 N–H and O–H groups in total. The van der Waals surface area contributed by atoms with E-state index in [0.717, 1.165) is 25.7 Å². The Morgan fingerprint density at radius 3 is 2.57 bits per heavy atom. The SMILES string of the molecule is CCN(C(=O)CS(=O)(=O)c1nncn1C)C1CCCCC1. The fourth-order valence-corrected chi connectivity index (χ4v) is 4.17. The number of hydrogen-bond donors (Lipinski definition) is 0. The molecule has 2 rings (SSSR count). The number of aromatic nitrogens is 3. The second-order valence-corrected chi connectivity index (χ2v) is 7.34. The fraction of sp³-hybridized carbons (Fsp3) is 0.769. The summed E-state index contributed by atoms with van der Waals surface area (Å²) in [6.45, 7) is 2.43. The lowest BCUT2D eigenvalue weighted by molar-refractivity contribution is -0.131. The van der Waals surface area contributed by atoms with Crippen LogP contribution < -0.4 is 0 Å². The van der Waals surface area contributed by atoms with Crippen molar-refractivity contribution in [3.63, 3.8) is 0 Å². The third kappa shape index (κ3) is 3.61. The molecule has 0 radical (unpaired) electrons. The lowest BCUT2D eigenvalue weighted by Crippen LogP contribution is -2.44. The summed E-state index contributed by atoms with van der Waals surface area (Å²) in [6.07, 6.45) is 6.64. The van der Waals surface area contributed by atoms with Crippen molar-refractivity contribution in [2.45, 2.75) is 50.2 Å². The summed E-state index contributed by atoms with van der Waals surface area (Å²) in [5.41, 5.74) is 0. The van der Waals surface area contributed by atoms with Crippen LogP contribution in [0.15, 0.2) is 11.5 Å². The van der Waals surface area contributed by atoms with Crippen molar-refractivity contribution in [2.24, 2.45) is 7.05 Å². The number of carbonyl (C=O) groups excluding carboxylic acids is 1. The van der Waals surface area contributed by atoms with Crippen molar-refractivity contribution >= 4 is 15.7 Å². The molecule has 7 nitrogen and oxygen atoms in total. The monoisotopic (exact) mass is 314 g/mol. The molecule has 0 aromatic carbocycles. The van der Waals surface area contributed by atoms with Crippen LogP contribution in [0, 0.1) is 0 Å². The predicted octanol–water partition coefficient (Wildman–Crippen LogP) is 0.770. The van der Waals surface area contributed by atoms with Crippen molar-refractivity contribution in [3.05, 3.63) is 6.33 Å². The third-order valence-corrected chi connectivity index (χ3v) is 5.49. The van der Waals surface area contributed by atoms with E-state index in [1.807, 2.05) is 6.92 Å². The molecule has 8 heteroatoms. The number of aryl methyl sites for hydroxylation is 1. The first-order valence-corrected chi connectivity index (χ1v) is 8.97. The molecule has 1 amide bonds. The van der Waals surface area contributed by atoms with Gasteiger partial charge in [0.05, 0.1) is 0 Å². The Kier molecular flexibility index (Phi) is 4.97. The highest BCUT2D eigenvalue weighted by atomic mass is 32.2. The normalized spacial score (nSPS) is 16.9.